The number of para-hydroxylation sites is 1. The molecule has 2 aromatic carbocycles. The minimum Gasteiger partial charge on any atom is -0.306 e. The van der Waals surface area contributed by atoms with Gasteiger partial charge in [0.2, 0.25) is 0 Å². The van der Waals surface area contributed by atoms with E-state index in [0.717, 1.165) is 5.56 Å². The quantitative estimate of drug-likeness (QED) is 0.685. The molecule has 114 valence electrons. The van der Waals surface area contributed by atoms with Crippen molar-refractivity contribution in [1.29, 1.82) is 0 Å². The van der Waals surface area contributed by atoms with Gasteiger partial charge in [-0.25, -0.2) is 13.2 Å². The Labute approximate surface area is 131 Å². The number of aromatic amines is 2. The maximum atomic E-state index is 12.5. The van der Waals surface area contributed by atoms with E-state index in [9.17, 15) is 13.2 Å². The van der Waals surface area contributed by atoms with Crippen LogP contribution in [0.1, 0.15) is 5.56 Å². The Balaban J connectivity index is 2.10. The number of halogens is 1. The summed E-state index contributed by atoms with van der Waals surface area (Å²) in [7, 11) is -3.87. The van der Waals surface area contributed by atoms with E-state index in [1.165, 1.54) is 12.1 Å². The van der Waals surface area contributed by atoms with Gasteiger partial charge in [-0.1, -0.05) is 29.8 Å². The fourth-order valence-electron chi connectivity index (χ4n) is 2.13. The maximum Gasteiger partial charge on any atom is 0.323 e. The Morgan fingerprint density at radius 2 is 1.73 bits per heavy atom. The summed E-state index contributed by atoms with van der Waals surface area (Å²) in [6, 6.07) is 9.75. The molecule has 0 aliphatic carbocycles. The highest BCUT2D eigenvalue weighted by Crippen LogP contribution is 2.27. The molecule has 0 bridgehead atoms. The standard InChI is InChI=1S/C14H12ClN3O3S/c1-8-4-2-3-5-10(8)18-22(20,21)13-7-12-11(6-9(13)15)16-14(19)17-12/h2-7,18H,1H3,(H2,16,17,19). The first-order valence-electron chi connectivity index (χ1n) is 6.37. The third kappa shape index (κ3) is 2.60. The molecule has 3 N–H and O–H groups in total. The van der Waals surface area contributed by atoms with Crippen LogP contribution in [0.4, 0.5) is 5.69 Å². The summed E-state index contributed by atoms with van der Waals surface area (Å²) in [5.74, 6) is 0. The van der Waals surface area contributed by atoms with Gasteiger partial charge in [-0.2, -0.15) is 0 Å². The fourth-order valence-corrected chi connectivity index (χ4v) is 3.81. The topological polar surface area (TPSA) is 94.8 Å². The first-order chi connectivity index (χ1) is 10.4. The second-order valence-electron chi connectivity index (χ2n) is 4.83. The number of benzene rings is 2. The number of nitrogens with one attached hydrogen (secondary N) is 3. The van der Waals surface area contributed by atoms with E-state index in [4.69, 9.17) is 11.6 Å². The lowest BCUT2D eigenvalue weighted by Crippen LogP contribution is -2.14. The summed E-state index contributed by atoms with van der Waals surface area (Å²) < 4.78 is 27.6. The van der Waals surface area contributed by atoms with Crippen molar-refractivity contribution in [3.8, 4) is 0 Å². The van der Waals surface area contributed by atoms with E-state index in [1.54, 1.807) is 25.1 Å². The molecule has 1 heterocycles. The number of H-pyrrole nitrogens is 2. The molecule has 6 nitrogen and oxygen atoms in total. The van der Waals surface area contributed by atoms with Gasteiger partial charge >= 0.3 is 5.69 Å². The van der Waals surface area contributed by atoms with Crippen LogP contribution in [0.5, 0.6) is 0 Å². The monoisotopic (exact) mass is 337 g/mol. The van der Waals surface area contributed by atoms with Crippen molar-refractivity contribution in [3.63, 3.8) is 0 Å². The zero-order valence-electron chi connectivity index (χ0n) is 11.5. The second kappa shape index (κ2) is 5.19. The Kier molecular flexibility index (Phi) is 3.46. The predicted octanol–water partition coefficient (Wildman–Crippen LogP) is 2.62. The molecule has 1 aromatic heterocycles. The molecular weight excluding hydrogens is 326 g/mol. The van der Waals surface area contributed by atoms with Gasteiger partial charge < -0.3 is 9.97 Å². The molecule has 3 rings (SSSR count). The van der Waals surface area contributed by atoms with Crippen LogP contribution in [-0.2, 0) is 10.0 Å². The van der Waals surface area contributed by atoms with E-state index < -0.39 is 15.7 Å². The van der Waals surface area contributed by atoms with Crippen LogP contribution in [-0.4, -0.2) is 18.4 Å². The van der Waals surface area contributed by atoms with Crippen LogP contribution in [0.15, 0.2) is 46.1 Å². The summed E-state index contributed by atoms with van der Waals surface area (Å²) in [6.45, 7) is 1.80. The molecule has 3 aromatic rings. The van der Waals surface area contributed by atoms with Crippen LogP contribution in [0.2, 0.25) is 5.02 Å². The van der Waals surface area contributed by atoms with Gasteiger partial charge in [0.25, 0.3) is 10.0 Å². The molecule has 0 saturated carbocycles. The van der Waals surface area contributed by atoms with E-state index in [2.05, 4.69) is 14.7 Å². The van der Waals surface area contributed by atoms with E-state index in [-0.39, 0.29) is 9.92 Å². The molecule has 22 heavy (non-hydrogen) atoms. The van der Waals surface area contributed by atoms with Crippen LogP contribution < -0.4 is 10.4 Å². The van der Waals surface area contributed by atoms with E-state index in [1.807, 2.05) is 6.07 Å². The number of anilines is 1. The van der Waals surface area contributed by atoms with Gasteiger partial charge in [0.05, 0.1) is 21.7 Å². The molecule has 0 radical (unpaired) electrons. The number of aryl methyl sites for hydroxylation is 1. The van der Waals surface area contributed by atoms with E-state index >= 15 is 0 Å². The Morgan fingerprint density at radius 3 is 2.41 bits per heavy atom. The van der Waals surface area contributed by atoms with Gasteiger partial charge in [-0.15, -0.1) is 0 Å². The average molecular weight is 338 g/mol. The van der Waals surface area contributed by atoms with Crippen LogP contribution in [0.25, 0.3) is 11.0 Å². The Bertz CT molecular complexity index is 1020. The number of rotatable bonds is 3. The summed E-state index contributed by atoms with van der Waals surface area (Å²) >= 11 is 6.05. The zero-order valence-corrected chi connectivity index (χ0v) is 13.0. The maximum absolute atomic E-state index is 12.5. The number of hydrogen-bond donors (Lipinski definition) is 3. The molecule has 0 fully saturated rings. The van der Waals surface area contributed by atoms with Crippen molar-refractivity contribution in [2.24, 2.45) is 0 Å². The van der Waals surface area contributed by atoms with Crippen molar-refractivity contribution in [1.82, 2.24) is 9.97 Å². The molecular formula is C14H12ClN3O3S. The van der Waals surface area contributed by atoms with Gasteiger partial charge in [-0.05, 0) is 30.7 Å². The van der Waals surface area contributed by atoms with Gasteiger partial charge in [0.15, 0.2) is 0 Å². The minimum atomic E-state index is -3.87. The minimum absolute atomic E-state index is 0.0313. The summed E-state index contributed by atoms with van der Waals surface area (Å²) in [5.41, 5.74) is 1.66. The summed E-state index contributed by atoms with van der Waals surface area (Å²) in [4.78, 5) is 16.2. The average Bonchev–Trinajstić information content (AvgIpc) is 2.79. The number of sulfonamides is 1. The van der Waals surface area contributed by atoms with Crippen molar-refractivity contribution >= 4 is 38.3 Å². The molecule has 0 atom stereocenters. The Hall–Kier alpha value is -2.25. The molecule has 0 amide bonds. The molecule has 0 aliphatic rings. The lowest BCUT2D eigenvalue weighted by molar-refractivity contribution is 0.601. The number of imidazole rings is 1. The predicted molar refractivity (Wildman–Crippen MR) is 85.9 cm³/mol. The van der Waals surface area contributed by atoms with Crippen LogP contribution in [0, 0.1) is 6.92 Å². The van der Waals surface area contributed by atoms with Crippen LogP contribution >= 0.6 is 11.6 Å². The fraction of sp³-hybridized carbons (Fsp3) is 0.0714. The highest BCUT2D eigenvalue weighted by Gasteiger charge is 2.20. The second-order valence-corrected chi connectivity index (χ2v) is 6.89. The molecule has 0 spiro atoms. The van der Waals surface area contributed by atoms with Crippen LogP contribution in [0.3, 0.4) is 0 Å². The third-order valence-corrected chi connectivity index (χ3v) is 5.08. The summed E-state index contributed by atoms with van der Waals surface area (Å²) in [5, 5.41) is 0.0313. The Morgan fingerprint density at radius 1 is 1.09 bits per heavy atom. The van der Waals surface area contributed by atoms with Crippen molar-refractivity contribution in [3.05, 3.63) is 57.5 Å². The number of aromatic nitrogens is 2. The smallest absolute Gasteiger partial charge is 0.306 e. The lowest BCUT2D eigenvalue weighted by Gasteiger charge is -2.11. The SMILES string of the molecule is Cc1ccccc1NS(=O)(=O)c1cc2[nH]c(=O)[nH]c2cc1Cl. The lowest BCUT2D eigenvalue weighted by atomic mass is 10.2. The highest BCUT2D eigenvalue weighted by atomic mass is 35.5. The largest absolute Gasteiger partial charge is 0.323 e. The van der Waals surface area contributed by atoms with Crippen molar-refractivity contribution in [2.75, 3.05) is 4.72 Å². The molecule has 8 heteroatoms. The zero-order chi connectivity index (χ0) is 15.9. The number of fused-ring (bicyclic) bond motifs is 1. The first-order valence-corrected chi connectivity index (χ1v) is 8.23. The molecule has 0 unspecified atom stereocenters. The number of hydrogen-bond acceptors (Lipinski definition) is 3. The highest BCUT2D eigenvalue weighted by molar-refractivity contribution is 7.92. The summed E-state index contributed by atoms with van der Waals surface area (Å²) in [6.07, 6.45) is 0. The third-order valence-electron chi connectivity index (χ3n) is 3.25. The van der Waals surface area contributed by atoms with Gasteiger partial charge in [-0.3, -0.25) is 4.72 Å². The van der Waals surface area contributed by atoms with Gasteiger partial charge in [0, 0.05) is 0 Å². The normalized spacial score (nSPS) is 11.7. The first kappa shape index (κ1) is 14.7. The van der Waals surface area contributed by atoms with Crippen molar-refractivity contribution in [2.45, 2.75) is 11.8 Å². The molecule has 0 saturated heterocycles. The van der Waals surface area contributed by atoms with E-state index in [0.29, 0.717) is 16.7 Å². The molecule has 0 aliphatic heterocycles. The van der Waals surface area contributed by atoms with Gasteiger partial charge in [0.1, 0.15) is 4.90 Å². The van der Waals surface area contributed by atoms with Crippen molar-refractivity contribution < 1.29 is 8.42 Å².